The van der Waals surface area contributed by atoms with E-state index in [0.29, 0.717) is 11.2 Å². The van der Waals surface area contributed by atoms with Crippen molar-refractivity contribution in [2.45, 2.75) is 51.0 Å². The highest BCUT2D eigenvalue weighted by Gasteiger charge is 2.42. The second kappa shape index (κ2) is 2.97. The van der Waals surface area contributed by atoms with Crippen molar-refractivity contribution >= 4 is 5.78 Å². The maximum atomic E-state index is 11.8. The Balaban J connectivity index is 2.24. The van der Waals surface area contributed by atoms with Crippen LogP contribution in [0.5, 0.6) is 0 Å². The number of hydrogen-bond donors (Lipinski definition) is 0. The zero-order valence-electron chi connectivity index (χ0n) is 9.25. The molecule has 0 radical (unpaired) electrons. The average molecular weight is 203 g/mol. The summed E-state index contributed by atoms with van der Waals surface area (Å²) in [5, 5.41) is 0. The normalized spacial score (nSPS) is 29.0. The number of carbonyl (C=O) groups is 1. The molecule has 2 heteroatoms. The van der Waals surface area contributed by atoms with E-state index in [9.17, 15) is 4.79 Å². The maximum absolute atomic E-state index is 11.8. The van der Waals surface area contributed by atoms with Crippen LogP contribution in [0.3, 0.4) is 0 Å². The Morgan fingerprint density at radius 3 is 3.13 bits per heavy atom. The van der Waals surface area contributed by atoms with Crippen molar-refractivity contribution in [1.29, 1.82) is 0 Å². The molecule has 0 saturated heterocycles. The third-order valence-corrected chi connectivity index (χ3v) is 4.33. The standard InChI is InChI=1S/C13H17NO/c1-2-13-6-3-8-14-9-5-10(12(13)14)11(15)4-7-13/h5,9H,2-4,6-8H2,1H3/t13-/m0/s1. The van der Waals surface area contributed by atoms with Crippen LogP contribution in [0.1, 0.15) is 55.1 Å². The summed E-state index contributed by atoms with van der Waals surface area (Å²) in [6, 6.07) is 2.03. The Morgan fingerprint density at radius 1 is 1.47 bits per heavy atom. The SMILES string of the molecule is CC[C@@]12CCCn3ccc(c31)C(=O)CC2. The van der Waals surface area contributed by atoms with Crippen LogP contribution >= 0.6 is 0 Å². The molecule has 2 nitrogen and oxygen atoms in total. The van der Waals surface area contributed by atoms with Crippen molar-refractivity contribution in [3.05, 3.63) is 23.5 Å². The van der Waals surface area contributed by atoms with E-state index in [4.69, 9.17) is 0 Å². The van der Waals surface area contributed by atoms with Crippen LogP contribution in [-0.2, 0) is 12.0 Å². The van der Waals surface area contributed by atoms with Gasteiger partial charge >= 0.3 is 0 Å². The van der Waals surface area contributed by atoms with Gasteiger partial charge in [0.1, 0.15) is 0 Å². The molecule has 0 unspecified atom stereocenters. The summed E-state index contributed by atoms with van der Waals surface area (Å²) >= 11 is 0. The van der Waals surface area contributed by atoms with Gasteiger partial charge in [-0.1, -0.05) is 6.92 Å². The molecule has 1 atom stereocenters. The summed E-state index contributed by atoms with van der Waals surface area (Å²) in [7, 11) is 0. The topological polar surface area (TPSA) is 22.0 Å². The van der Waals surface area contributed by atoms with E-state index < -0.39 is 0 Å². The molecular weight excluding hydrogens is 186 g/mol. The van der Waals surface area contributed by atoms with Gasteiger partial charge in [-0.2, -0.15) is 0 Å². The summed E-state index contributed by atoms with van der Waals surface area (Å²) in [5.41, 5.74) is 2.70. The molecule has 0 spiro atoms. The third-order valence-electron chi connectivity index (χ3n) is 4.33. The Labute approximate surface area is 90.3 Å². The van der Waals surface area contributed by atoms with Crippen LogP contribution in [0, 0.1) is 0 Å². The third kappa shape index (κ3) is 1.08. The zero-order valence-corrected chi connectivity index (χ0v) is 9.25. The first kappa shape index (κ1) is 9.20. The number of aryl methyl sites for hydroxylation is 1. The van der Waals surface area contributed by atoms with Gasteiger partial charge in [0.2, 0.25) is 0 Å². The molecule has 1 aliphatic heterocycles. The second-order valence-electron chi connectivity index (χ2n) is 4.93. The molecule has 0 fully saturated rings. The largest absolute Gasteiger partial charge is 0.350 e. The molecule has 1 aliphatic carbocycles. The number of ketones is 1. The van der Waals surface area contributed by atoms with Gasteiger partial charge in [-0.3, -0.25) is 4.79 Å². The summed E-state index contributed by atoms with van der Waals surface area (Å²) in [6.07, 6.45) is 7.65. The van der Waals surface area contributed by atoms with Crippen LogP contribution in [0.25, 0.3) is 0 Å². The van der Waals surface area contributed by atoms with Crippen molar-refractivity contribution in [3.8, 4) is 0 Å². The van der Waals surface area contributed by atoms with Gasteiger partial charge in [0.25, 0.3) is 0 Å². The lowest BCUT2D eigenvalue weighted by atomic mass is 9.67. The number of carbonyl (C=O) groups excluding carboxylic acids is 1. The van der Waals surface area contributed by atoms with Gasteiger partial charge < -0.3 is 4.57 Å². The summed E-state index contributed by atoms with van der Waals surface area (Å²) in [4.78, 5) is 11.8. The zero-order chi connectivity index (χ0) is 10.5. The molecule has 15 heavy (non-hydrogen) atoms. The Bertz CT molecular complexity index is 418. The van der Waals surface area contributed by atoms with Gasteiger partial charge in [0.05, 0.1) is 0 Å². The molecule has 1 aromatic rings. The number of hydrogen-bond acceptors (Lipinski definition) is 1. The molecule has 0 bridgehead atoms. The first-order valence-electron chi connectivity index (χ1n) is 6.00. The predicted molar refractivity (Wildman–Crippen MR) is 59.2 cm³/mol. The molecule has 0 N–H and O–H groups in total. The van der Waals surface area contributed by atoms with Crippen molar-refractivity contribution < 1.29 is 4.79 Å². The fourth-order valence-corrected chi connectivity index (χ4v) is 3.43. The van der Waals surface area contributed by atoms with Gasteiger partial charge in [0.15, 0.2) is 5.78 Å². The molecule has 2 heterocycles. The first-order valence-corrected chi connectivity index (χ1v) is 6.00. The molecule has 2 aliphatic rings. The van der Waals surface area contributed by atoms with Gasteiger partial charge in [0, 0.05) is 35.8 Å². The monoisotopic (exact) mass is 203 g/mol. The molecule has 3 rings (SSSR count). The number of nitrogens with zero attached hydrogens (tertiary/aromatic N) is 1. The van der Waals surface area contributed by atoms with Crippen LogP contribution in [0.15, 0.2) is 12.3 Å². The van der Waals surface area contributed by atoms with E-state index in [2.05, 4.69) is 17.7 Å². The van der Waals surface area contributed by atoms with Crippen LogP contribution in [-0.4, -0.2) is 10.4 Å². The maximum Gasteiger partial charge on any atom is 0.164 e. The van der Waals surface area contributed by atoms with E-state index >= 15 is 0 Å². The lowest BCUT2D eigenvalue weighted by molar-refractivity contribution is 0.0937. The van der Waals surface area contributed by atoms with Crippen molar-refractivity contribution in [3.63, 3.8) is 0 Å². The van der Waals surface area contributed by atoms with E-state index in [1.807, 2.05) is 6.07 Å². The quantitative estimate of drug-likeness (QED) is 0.688. The molecule has 0 aromatic carbocycles. The lowest BCUT2D eigenvalue weighted by Gasteiger charge is -2.41. The van der Waals surface area contributed by atoms with Crippen molar-refractivity contribution in [2.24, 2.45) is 0 Å². The highest BCUT2D eigenvalue weighted by atomic mass is 16.1. The molecule has 80 valence electrons. The Hall–Kier alpha value is -1.05. The Morgan fingerprint density at radius 2 is 2.33 bits per heavy atom. The highest BCUT2D eigenvalue weighted by Crippen LogP contribution is 2.46. The van der Waals surface area contributed by atoms with E-state index in [0.717, 1.165) is 24.9 Å². The van der Waals surface area contributed by atoms with Crippen molar-refractivity contribution in [2.75, 3.05) is 0 Å². The first-order chi connectivity index (χ1) is 7.27. The minimum atomic E-state index is 0.324. The summed E-state index contributed by atoms with van der Waals surface area (Å²) < 4.78 is 2.32. The number of rotatable bonds is 1. The minimum Gasteiger partial charge on any atom is -0.350 e. The molecular formula is C13H17NO. The lowest BCUT2D eigenvalue weighted by Crippen LogP contribution is -2.37. The van der Waals surface area contributed by atoms with Gasteiger partial charge in [-0.25, -0.2) is 0 Å². The number of aromatic nitrogens is 1. The second-order valence-corrected chi connectivity index (χ2v) is 4.93. The summed E-state index contributed by atoms with van der Waals surface area (Å²) in [5.74, 6) is 0.356. The molecule has 0 saturated carbocycles. The average Bonchev–Trinajstić information content (AvgIpc) is 2.70. The van der Waals surface area contributed by atoms with Gasteiger partial charge in [-0.05, 0) is 31.7 Å². The van der Waals surface area contributed by atoms with E-state index in [-0.39, 0.29) is 0 Å². The predicted octanol–water partition coefficient (Wildman–Crippen LogP) is 2.91. The smallest absolute Gasteiger partial charge is 0.164 e. The van der Waals surface area contributed by atoms with Crippen LogP contribution in [0.4, 0.5) is 0 Å². The number of Topliss-reactive ketones (excluding diaryl/α,β-unsaturated/α-hetero) is 1. The molecule has 0 amide bonds. The molecule has 1 aromatic heterocycles. The van der Waals surface area contributed by atoms with Crippen LogP contribution in [0.2, 0.25) is 0 Å². The van der Waals surface area contributed by atoms with E-state index in [1.54, 1.807) is 0 Å². The Kier molecular flexibility index (Phi) is 1.82. The van der Waals surface area contributed by atoms with Crippen LogP contribution < -0.4 is 0 Å². The fourth-order valence-electron chi connectivity index (χ4n) is 3.43. The van der Waals surface area contributed by atoms with Crippen molar-refractivity contribution in [1.82, 2.24) is 4.57 Å². The minimum absolute atomic E-state index is 0.324. The van der Waals surface area contributed by atoms with Gasteiger partial charge in [-0.15, -0.1) is 0 Å². The van der Waals surface area contributed by atoms with E-state index in [1.165, 1.54) is 25.0 Å². The summed E-state index contributed by atoms with van der Waals surface area (Å²) in [6.45, 7) is 3.37. The highest BCUT2D eigenvalue weighted by molar-refractivity contribution is 5.99. The fraction of sp³-hybridized carbons (Fsp3) is 0.615.